The summed E-state index contributed by atoms with van der Waals surface area (Å²) in [5.41, 5.74) is 6.28. The molecule has 102 valence electrons. The van der Waals surface area contributed by atoms with E-state index in [0.29, 0.717) is 18.7 Å². The van der Waals surface area contributed by atoms with Crippen molar-refractivity contribution in [2.45, 2.75) is 25.3 Å². The highest BCUT2D eigenvalue weighted by Gasteiger charge is 2.23. The highest BCUT2D eigenvalue weighted by molar-refractivity contribution is 5.80. The minimum Gasteiger partial charge on any atom is -0.341 e. The number of nitrogens with zero attached hydrogens (tertiary/aromatic N) is 2. The van der Waals surface area contributed by atoms with E-state index < -0.39 is 4.92 Å². The molecule has 19 heavy (non-hydrogen) atoms. The zero-order valence-electron chi connectivity index (χ0n) is 10.6. The molecular weight excluding hydrogens is 246 g/mol. The molecule has 0 aromatic heterocycles. The van der Waals surface area contributed by atoms with Crippen molar-refractivity contribution >= 4 is 11.6 Å². The number of nitro groups is 1. The average Bonchev–Trinajstić information content (AvgIpc) is 2.39. The summed E-state index contributed by atoms with van der Waals surface area (Å²) in [6.07, 6.45) is 1.88. The van der Waals surface area contributed by atoms with Gasteiger partial charge >= 0.3 is 0 Å². The molecule has 0 radical (unpaired) electrons. The van der Waals surface area contributed by atoms with Gasteiger partial charge in [-0.1, -0.05) is 18.2 Å². The molecule has 0 spiro atoms. The Hall–Kier alpha value is -1.95. The van der Waals surface area contributed by atoms with E-state index in [0.717, 1.165) is 12.8 Å². The summed E-state index contributed by atoms with van der Waals surface area (Å²) >= 11 is 0. The number of carbonyl (C=O) groups excluding carboxylic acids is 1. The van der Waals surface area contributed by atoms with Gasteiger partial charge in [-0.05, 0) is 12.8 Å². The lowest BCUT2D eigenvalue weighted by Crippen LogP contribution is -2.46. The van der Waals surface area contributed by atoms with Gasteiger partial charge in [0, 0.05) is 30.8 Å². The summed E-state index contributed by atoms with van der Waals surface area (Å²) in [5.74, 6) is -0.0931. The second-order valence-corrected chi connectivity index (χ2v) is 4.80. The smallest absolute Gasteiger partial charge is 0.273 e. The Balaban J connectivity index is 2.08. The molecule has 0 unspecified atom stereocenters. The number of carbonyl (C=O) groups is 1. The first-order valence-electron chi connectivity index (χ1n) is 6.33. The molecule has 1 heterocycles. The van der Waals surface area contributed by atoms with Gasteiger partial charge in [0.05, 0.1) is 11.3 Å². The molecule has 2 N–H and O–H groups in total. The normalized spacial score (nSPS) is 19.2. The van der Waals surface area contributed by atoms with Crippen LogP contribution < -0.4 is 5.73 Å². The topological polar surface area (TPSA) is 89.5 Å². The second-order valence-electron chi connectivity index (χ2n) is 4.80. The Labute approximate surface area is 111 Å². The quantitative estimate of drug-likeness (QED) is 0.653. The Morgan fingerprint density at radius 3 is 2.89 bits per heavy atom. The van der Waals surface area contributed by atoms with Gasteiger partial charge in [-0.3, -0.25) is 14.9 Å². The van der Waals surface area contributed by atoms with E-state index in [4.69, 9.17) is 5.73 Å². The Morgan fingerprint density at radius 1 is 1.47 bits per heavy atom. The van der Waals surface area contributed by atoms with E-state index in [1.807, 2.05) is 0 Å². The van der Waals surface area contributed by atoms with Gasteiger partial charge in [0.25, 0.3) is 5.69 Å². The van der Waals surface area contributed by atoms with Crippen LogP contribution in [0.3, 0.4) is 0 Å². The molecule has 1 amide bonds. The van der Waals surface area contributed by atoms with Gasteiger partial charge in [0.15, 0.2) is 0 Å². The fourth-order valence-electron chi connectivity index (χ4n) is 2.35. The molecule has 2 rings (SSSR count). The van der Waals surface area contributed by atoms with Gasteiger partial charge in [-0.15, -0.1) is 0 Å². The fourth-order valence-corrected chi connectivity index (χ4v) is 2.35. The second kappa shape index (κ2) is 5.79. The van der Waals surface area contributed by atoms with Crippen molar-refractivity contribution in [1.29, 1.82) is 0 Å². The van der Waals surface area contributed by atoms with Crippen LogP contribution in [0.5, 0.6) is 0 Å². The van der Waals surface area contributed by atoms with Crippen LogP contribution >= 0.6 is 0 Å². The Bertz CT molecular complexity index is 490. The number of hydrogen-bond donors (Lipinski definition) is 1. The average molecular weight is 263 g/mol. The highest BCUT2D eigenvalue weighted by atomic mass is 16.6. The van der Waals surface area contributed by atoms with Crippen LogP contribution in [0.25, 0.3) is 0 Å². The molecule has 0 aliphatic carbocycles. The third-order valence-corrected chi connectivity index (χ3v) is 3.34. The van der Waals surface area contributed by atoms with Gasteiger partial charge in [-0.2, -0.15) is 0 Å². The molecule has 1 fully saturated rings. The van der Waals surface area contributed by atoms with Crippen molar-refractivity contribution in [3.05, 3.63) is 39.9 Å². The van der Waals surface area contributed by atoms with Gasteiger partial charge in [0.2, 0.25) is 5.91 Å². The first kappa shape index (κ1) is 13.5. The minimum absolute atomic E-state index is 0.00263. The third kappa shape index (κ3) is 3.29. The van der Waals surface area contributed by atoms with Crippen LogP contribution in [-0.2, 0) is 11.2 Å². The minimum atomic E-state index is -0.454. The van der Waals surface area contributed by atoms with Crippen LogP contribution in [0.4, 0.5) is 5.69 Å². The SMILES string of the molecule is N[C@@H]1CCCN(C(=O)Cc2ccccc2[N+](=O)[O-])C1. The third-order valence-electron chi connectivity index (χ3n) is 3.34. The number of amides is 1. The first-order chi connectivity index (χ1) is 9.08. The summed E-state index contributed by atoms with van der Waals surface area (Å²) in [7, 11) is 0. The number of rotatable bonds is 3. The standard InChI is InChI=1S/C13H17N3O3/c14-11-5-3-7-15(9-11)13(17)8-10-4-1-2-6-12(10)16(18)19/h1-2,4,6,11H,3,5,7-9,14H2/t11-/m1/s1. The molecule has 1 aromatic carbocycles. The van der Waals surface area contributed by atoms with E-state index in [1.165, 1.54) is 6.07 Å². The maximum Gasteiger partial charge on any atom is 0.273 e. The maximum absolute atomic E-state index is 12.1. The summed E-state index contributed by atoms with van der Waals surface area (Å²) in [6, 6.07) is 6.37. The van der Waals surface area contributed by atoms with Crippen molar-refractivity contribution in [3.8, 4) is 0 Å². The molecule has 1 aliphatic heterocycles. The van der Waals surface area contributed by atoms with Crippen LogP contribution in [0.15, 0.2) is 24.3 Å². The van der Waals surface area contributed by atoms with E-state index in [-0.39, 0.29) is 24.1 Å². The Morgan fingerprint density at radius 2 is 2.21 bits per heavy atom. The first-order valence-corrected chi connectivity index (χ1v) is 6.33. The van der Waals surface area contributed by atoms with E-state index in [1.54, 1.807) is 23.1 Å². The number of para-hydroxylation sites is 1. The summed E-state index contributed by atoms with van der Waals surface area (Å²) in [5, 5.41) is 10.9. The number of hydrogen-bond acceptors (Lipinski definition) is 4. The molecular formula is C13H17N3O3. The van der Waals surface area contributed by atoms with Crippen molar-refractivity contribution in [1.82, 2.24) is 4.90 Å². The fraction of sp³-hybridized carbons (Fsp3) is 0.462. The van der Waals surface area contributed by atoms with Crippen molar-refractivity contribution in [2.75, 3.05) is 13.1 Å². The summed E-state index contributed by atoms with van der Waals surface area (Å²) < 4.78 is 0. The van der Waals surface area contributed by atoms with Crippen molar-refractivity contribution in [3.63, 3.8) is 0 Å². The summed E-state index contributed by atoms with van der Waals surface area (Å²) in [4.78, 5) is 24.3. The van der Waals surface area contributed by atoms with Crippen LogP contribution in [0, 0.1) is 10.1 Å². The Kier molecular flexibility index (Phi) is 4.11. The maximum atomic E-state index is 12.1. The zero-order chi connectivity index (χ0) is 13.8. The number of likely N-dealkylation sites (tertiary alicyclic amines) is 1. The largest absolute Gasteiger partial charge is 0.341 e. The molecule has 1 saturated heterocycles. The van der Waals surface area contributed by atoms with E-state index in [9.17, 15) is 14.9 Å². The van der Waals surface area contributed by atoms with Crippen molar-refractivity contribution in [2.24, 2.45) is 5.73 Å². The summed E-state index contributed by atoms with van der Waals surface area (Å²) in [6.45, 7) is 1.23. The van der Waals surface area contributed by atoms with Gasteiger partial charge in [0.1, 0.15) is 0 Å². The lowest BCUT2D eigenvalue weighted by Gasteiger charge is -2.30. The molecule has 6 heteroatoms. The van der Waals surface area contributed by atoms with E-state index >= 15 is 0 Å². The number of benzene rings is 1. The van der Waals surface area contributed by atoms with Crippen molar-refractivity contribution < 1.29 is 9.72 Å². The molecule has 1 aromatic rings. The molecule has 6 nitrogen and oxygen atoms in total. The molecule has 0 bridgehead atoms. The van der Waals surface area contributed by atoms with Crippen LogP contribution in [-0.4, -0.2) is 34.9 Å². The monoisotopic (exact) mass is 263 g/mol. The van der Waals surface area contributed by atoms with Gasteiger partial charge < -0.3 is 10.6 Å². The predicted molar refractivity (Wildman–Crippen MR) is 70.6 cm³/mol. The van der Waals surface area contributed by atoms with Crippen LogP contribution in [0.2, 0.25) is 0 Å². The predicted octanol–water partition coefficient (Wildman–Crippen LogP) is 1.09. The lowest BCUT2D eigenvalue weighted by atomic mass is 10.0. The lowest BCUT2D eigenvalue weighted by molar-refractivity contribution is -0.385. The number of nitro benzene ring substituents is 1. The molecule has 0 saturated carbocycles. The van der Waals surface area contributed by atoms with Gasteiger partial charge in [-0.25, -0.2) is 0 Å². The van der Waals surface area contributed by atoms with Crippen LogP contribution in [0.1, 0.15) is 18.4 Å². The molecule has 1 atom stereocenters. The number of piperidine rings is 1. The van der Waals surface area contributed by atoms with E-state index in [2.05, 4.69) is 0 Å². The zero-order valence-corrected chi connectivity index (χ0v) is 10.6. The molecule has 1 aliphatic rings. The number of nitrogens with two attached hydrogens (primary N) is 1. The highest BCUT2D eigenvalue weighted by Crippen LogP contribution is 2.19.